The summed E-state index contributed by atoms with van der Waals surface area (Å²) in [5, 5.41) is 0. The van der Waals surface area contributed by atoms with Gasteiger partial charge in [-0.05, 0) is 17.7 Å². The van der Waals surface area contributed by atoms with Gasteiger partial charge in [0.1, 0.15) is 12.5 Å². The summed E-state index contributed by atoms with van der Waals surface area (Å²) in [7, 11) is -1.04. The van der Waals surface area contributed by atoms with Crippen molar-refractivity contribution in [1.82, 2.24) is 14.5 Å². The number of ether oxygens (including phenoxy) is 1. The van der Waals surface area contributed by atoms with Crippen molar-refractivity contribution in [2.24, 2.45) is 0 Å². The summed E-state index contributed by atoms with van der Waals surface area (Å²) in [6.45, 7) is 8.26. The monoisotopic (exact) mass is 307 g/mol. The lowest BCUT2D eigenvalue weighted by molar-refractivity contribution is 0.0871. The van der Waals surface area contributed by atoms with Gasteiger partial charge >= 0.3 is 0 Å². The molecule has 6 heteroatoms. The number of halogens is 1. The first-order valence-electron chi connectivity index (χ1n) is 7.11. The molecule has 0 aromatic carbocycles. The van der Waals surface area contributed by atoms with E-state index in [1.807, 2.05) is 10.8 Å². The predicted molar refractivity (Wildman–Crippen MR) is 83.3 cm³/mol. The average molecular weight is 307 g/mol. The van der Waals surface area contributed by atoms with Gasteiger partial charge in [-0.25, -0.2) is 9.37 Å². The predicted octanol–water partition coefficient (Wildman–Crippen LogP) is 3.32. The van der Waals surface area contributed by atoms with Crippen molar-refractivity contribution in [1.29, 1.82) is 0 Å². The lowest BCUT2D eigenvalue weighted by Gasteiger charge is -2.15. The first-order valence-corrected chi connectivity index (χ1v) is 10.8. The molecule has 0 spiro atoms. The SMILES string of the molecule is C[Si](C)(C)CCOCn1cnc(Cc2ccncc2F)c1. The molecule has 4 nitrogen and oxygen atoms in total. The van der Waals surface area contributed by atoms with Crippen LogP contribution in [0.2, 0.25) is 25.7 Å². The summed E-state index contributed by atoms with van der Waals surface area (Å²) in [5.74, 6) is -0.293. The van der Waals surface area contributed by atoms with E-state index in [-0.39, 0.29) is 5.82 Å². The number of nitrogens with zero attached hydrogens (tertiary/aromatic N) is 3. The van der Waals surface area contributed by atoms with Gasteiger partial charge in [0, 0.05) is 33.5 Å². The normalized spacial score (nSPS) is 11.8. The molecule has 0 aliphatic heterocycles. The Hall–Kier alpha value is -1.53. The van der Waals surface area contributed by atoms with Gasteiger partial charge in [-0.2, -0.15) is 0 Å². The molecule has 0 saturated heterocycles. The molecule has 21 heavy (non-hydrogen) atoms. The Kier molecular flexibility index (Phi) is 5.25. The van der Waals surface area contributed by atoms with Crippen molar-refractivity contribution in [3.63, 3.8) is 0 Å². The zero-order valence-electron chi connectivity index (χ0n) is 12.8. The second-order valence-electron chi connectivity index (χ2n) is 6.37. The third-order valence-electron chi connectivity index (χ3n) is 3.15. The van der Waals surface area contributed by atoms with E-state index >= 15 is 0 Å². The van der Waals surface area contributed by atoms with Gasteiger partial charge in [-0.3, -0.25) is 4.98 Å². The molecule has 2 heterocycles. The maximum absolute atomic E-state index is 13.5. The smallest absolute Gasteiger partial charge is 0.145 e. The van der Waals surface area contributed by atoms with E-state index in [0.29, 0.717) is 18.7 Å². The summed E-state index contributed by atoms with van der Waals surface area (Å²) in [6.07, 6.45) is 6.91. The van der Waals surface area contributed by atoms with Crippen LogP contribution in [0.5, 0.6) is 0 Å². The van der Waals surface area contributed by atoms with Crippen molar-refractivity contribution in [2.75, 3.05) is 6.61 Å². The highest BCUT2D eigenvalue weighted by molar-refractivity contribution is 6.76. The minimum absolute atomic E-state index is 0.293. The highest BCUT2D eigenvalue weighted by atomic mass is 28.3. The van der Waals surface area contributed by atoms with Gasteiger partial charge < -0.3 is 9.30 Å². The van der Waals surface area contributed by atoms with Crippen LogP contribution >= 0.6 is 0 Å². The molecule has 2 aromatic heterocycles. The number of pyridine rings is 1. The van der Waals surface area contributed by atoms with Crippen molar-refractivity contribution in [3.8, 4) is 0 Å². The van der Waals surface area contributed by atoms with Crippen LogP contribution in [-0.2, 0) is 17.9 Å². The van der Waals surface area contributed by atoms with Gasteiger partial charge in [-0.15, -0.1) is 0 Å². The Bertz CT molecular complexity index is 580. The van der Waals surface area contributed by atoms with Crippen molar-refractivity contribution < 1.29 is 9.13 Å². The van der Waals surface area contributed by atoms with E-state index in [1.54, 1.807) is 18.6 Å². The van der Waals surface area contributed by atoms with E-state index in [1.165, 1.54) is 6.20 Å². The van der Waals surface area contributed by atoms with Gasteiger partial charge in [-0.1, -0.05) is 19.6 Å². The molecule has 0 radical (unpaired) electrons. The molecule has 114 valence electrons. The summed E-state index contributed by atoms with van der Waals surface area (Å²) < 4.78 is 21.1. The van der Waals surface area contributed by atoms with Crippen LogP contribution in [0.15, 0.2) is 31.0 Å². The molecular formula is C15H22FN3OSi. The van der Waals surface area contributed by atoms with Crippen molar-refractivity contribution >= 4 is 8.07 Å². The van der Waals surface area contributed by atoms with Gasteiger partial charge in [0.25, 0.3) is 0 Å². The second kappa shape index (κ2) is 6.95. The van der Waals surface area contributed by atoms with Crippen LogP contribution in [0.25, 0.3) is 0 Å². The maximum atomic E-state index is 13.5. The fourth-order valence-corrected chi connectivity index (χ4v) is 2.62. The average Bonchev–Trinajstić information content (AvgIpc) is 2.84. The molecule has 0 bridgehead atoms. The standard InChI is InChI=1S/C15H22FN3OSi/c1-21(2,3)7-6-20-12-19-10-14(18-11-19)8-13-4-5-17-9-15(13)16/h4-5,9-11H,6-8,12H2,1-3H3. The summed E-state index contributed by atoms with van der Waals surface area (Å²) in [5.41, 5.74) is 1.43. The summed E-state index contributed by atoms with van der Waals surface area (Å²) in [4.78, 5) is 8.03. The molecule has 0 atom stereocenters. The molecule has 2 aromatic rings. The molecule has 2 rings (SSSR count). The number of hydrogen-bond donors (Lipinski definition) is 0. The van der Waals surface area contributed by atoms with Gasteiger partial charge in [0.15, 0.2) is 0 Å². The number of aromatic nitrogens is 3. The van der Waals surface area contributed by atoms with E-state index in [4.69, 9.17) is 4.74 Å². The molecule has 0 fully saturated rings. The molecule has 0 aliphatic carbocycles. The third kappa shape index (κ3) is 5.39. The fraction of sp³-hybridized carbons (Fsp3) is 0.467. The van der Waals surface area contributed by atoms with Crippen LogP contribution in [0.3, 0.4) is 0 Å². The molecule has 0 N–H and O–H groups in total. The first kappa shape index (κ1) is 15.8. The number of hydrogen-bond acceptors (Lipinski definition) is 3. The quantitative estimate of drug-likeness (QED) is 0.582. The minimum Gasteiger partial charge on any atom is -0.361 e. The van der Waals surface area contributed by atoms with Crippen molar-refractivity contribution in [3.05, 3.63) is 48.1 Å². The molecular weight excluding hydrogens is 285 g/mol. The number of rotatable bonds is 7. The van der Waals surface area contributed by atoms with E-state index < -0.39 is 8.07 Å². The van der Waals surface area contributed by atoms with Crippen LogP contribution in [0.1, 0.15) is 11.3 Å². The van der Waals surface area contributed by atoms with E-state index in [9.17, 15) is 4.39 Å². The van der Waals surface area contributed by atoms with Gasteiger partial charge in [0.2, 0.25) is 0 Å². The van der Waals surface area contributed by atoms with Crippen molar-refractivity contribution in [2.45, 2.75) is 38.8 Å². The first-order chi connectivity index (χ1) is 9.94. The Labute approximate surface area is 126 Å². The molecule has 0 aliphatic rings. The zero-order valence-corrected chi connectivity index (χ0v) is 13.8. The largest absolute Gasteiger partial charge is 0.361 e. The maximum Gasteiger partial charge on any atom is 0.145 e. The zero-order chi connectivity index (χ0) is 15.3. The molecule has 0 amide bonds. The lowest BCUT2D eigenvalue weighted by Crippen LogP contribution is -2.21. The molecule has 0 saturated carbocycles. The highest BCUT2D eigenvalue weighted by Gasteiger charge is 2.12. The highest BCUT2D eigenvalue weighted by Crippen LogP contribution is 2.11. The van der Waals surface area contributed by atoms with Crippen LogP contribution < -0.4 is 0 Å². The number of imidazole rings is 1. The van der Waals surface area contributed by atoms with Gasteiger partial charge in [0.05, 0.1) is 18.2 Å². The molecule has 0 unspecified atom stereocenters. The summed E-state index contributed by atoms with van der Waals surface area (Å²) >= 11 is 0. The Morgan fingerprint density at radius 3 is 2.86 bits per heavy atom. The second-order valence-corrected chi connectivity index (χ2v) is 12.0. The Morgan fingerprint density at radius 1 is 1.33 bits per heavy atom. The van der Waals surface area contributed by atoms with Crippen LogP contribution in [0, 0.1) is 5.82 Å². The van der Waals surface area contributed by atoms with E-state index in [2.05, 4.69) is 29.6 Å². The fourth-order valence-electron chi connectivity index (χ4n) is 1.86. The minimum atomic E-state index is -1.04. The lowest BCUT2D eigenvalue weighted by atomic mass is 10.1. The van der Waals surface area contributed by atoms with Crippen LogP contribution in [0.4, 0.5) is 4.39 Å². The summed E-state index contributed by atoms with van der Waals surface area (Å²) in [6, 6.07) is 2.83. The van der Waals surface area contributed by atoms with E-state index in [0.717, 1.165) is 18.3 Å². The third-order valence-corrected chi connectivity index (χ3v) is 4.86. The Morgan fingerprint density at radius 2 is 2.14 bits per heavy atom. The Balaban J connectivity index is 1.83. The van der Waals surface area contributed by atoms with Crippen LogP contribution in [-0.4, -0.2) is 29.2 Å². The topological polar surface area (TPSA) is 39.9 Å².